The fraction of sp³-hybridized carbons (Fsp3) is 0.235. The third-order valence-corrected chi connectivity index (χ3v) is 3.05. The maximum atomic E-state index is 12.0. The smallest absolute Gasteiger partial charge is 0.262 e. The summed E-state index contributed by atoms with van der Waals surface area (Å²) >= 11 is 0. The number of hydrogen-bond donors (Lipinski definition) is 1. The minimum absolute atomic E-state index is 0.131. The van der Waals surface area contributed by atoms with E-state index in [1.165, 1.54) is 0 Å². The molecule has 0 spiro atoms. The van der Waals surface area contributed by atoms with Crippen LogP contribution in [-0.2, 0) is 4.79 Å². The van der Waals surface area contributed by atoms with Crippen molar-refractivity contribution in [3.05, 3.63) is 42.5 Å². The monoisotopic (exact) mass is 317 g/mol. The van der Waals surface area contributed by atoms with E-state index < -0.39 is 0 Å². The Bertz CT molecular complexity index is 650. The van der Waals surface area contributed by atoms with Crippen LogP contribution in [0, 0.1) is 0 Å². The number of carbonyl (C=O) groups excluding carboxylic acids is 1. The topological polar surface area (TPSA) is 66.0 Å². The molecule has 0 radical (unpaired) electrons. The van der Waals surface area contributed by atoms with Gasteiger partial charge in [0.2, 0.25) is 0 Å². The maximum absolute atomic E-state index is 12.0. The summed E-state index contributed by atoms with van der Waals surface area (Å²) in [6, 6.07) is 12.2. The number of methoxy groups -OCH3 is 3. The number of amides is 1. The van der Waals surface area contributed by atoms with Gasteiger partial charge < -0.3 is 24.3 Å². The highest BCUT2D eigenvalue weighted by atomic mass is 16.5. The van der Waals surface area contributed by atoms with Crippen LogP contribution in [0.1, 0.15) is 0 Å². The molecule has 2 aromatic carbocycles. The Morgan fingerprint density at radius 3 is 2.09 bits per heavy atom. The summed E-state index contributed by atoms with van der Waals surface area (Å²) in [6.45, 7) is -0.131. The van der Waals surface area contributed by atoms with E-state index in [0.29, 0.717) is 28.7 Å². The van der Waals surface area contributed by atoms with Gasteiger partial charge in [-0.3, -0.25) is 4.79 Å². The molecular weight excluding hydrogens is 298 g/mol. The lowest BCUT2D eigenvalue weighted by atomic mass is 10.3. The van der Waals surface area contributed by atoms with E-state index in [2.05, 4.69) is 5.32 Å². The van der Waals surface area contributed by atoms with Crippen LogP contribution in [0.3, 0.4) is 0 Å². The van der Waals surface area contributed by atoms with Gasteiger partial charge in [-0.05, 0) is 12.1 Å². The Hall–Kier alpha value is -2.89. The molecule has 0 atom stereocenters. The van der Waals surface area contributed by atoms with E-state index in [-0.39, 0.29) is 12.5 Å². The number of nitrogens with one attached hydrogen (secondary N) is 1. The van der Waals surface area contributed by atoms with Gasteiger partial charge >= 0.3 is 0 Å². The highest BCUT2D eigenvalue weighted by molar-refractivity contribution is 5.92. The number of hydrogen-bond acceptors (Lipinski definition) is 5. The second kappa shape index (κ2) is 7.93. The molecule has 23 heavy (non-hydrogen) atoms. The number of anilines is 1. The molecule has 0 saturated carbocycles. The summed E-state index contributed by atoms with van der Waals surface area (Å²) in [5, 5.41) is 2.74. The first-order chi connectivity index (χ1) is 11.1. The second-order valence-electron chi connectivity index (χ2n) is 4.62. The molecule has 2 rings (SSSR count). The quantitative estimate of drug-likeness (QED) is 0.850. The zero-order valence-corrected chi connectivity index (χ0v) is 13.3. The van der Waals surface area contributed by atoms with Crippen molar-refractivity contribution in [3.8, 4) is 23.0 Å². The highest BCUT2D eigenvalue weighted by Crippen LogP contribution is 2.27. The first kappa shape index (κ1) is 16.5. The van der Waals surface area contributed by atoms with Crippen LogP contribution in [0.5, 0.6) is 23.0 Å². The normalized spacial score (nSPS) is 9.87. The SMILES string of the molecule is COc1cccc(NC(=O)COc2cc(OC)cc(OC)c2)c1. The number of benzene rings is 2. The van der Waals surface area contributed by atoms with Crippen molar-refractivity contribution in [3.63, 3.8) is 0 Å². The summed E-state index contributed by atoms with van der Waals surface area (Å²) in [7, 11) is 4.67. The Balaban J connectivity index is 1.96. The van der Waals surface area contributed by atoms with Crippen LogP contribution in [0.15, 0.2) is 42.5 Å². The zero-order valence-electron chi connectivity index (χ0n) is 13.3. The Morgan fingerprint density at radius 2 is 1.48 bits per heavy atom. The van der Waals surface area contributed by atoms with Crippen LogP contribution in [0.25, 0.3) is 0 Å². The van der Waals surface area contributed by atoms with Gasteiger partial charge in [0.05, 0.1) is 21.3 Å². The zero-order chi connectivity index (χ0) is 16.7. The van der Waals surface area contributed by atoms with E-state index >= 15 is 0 Å². The van der Waals surface area contributed by atoms with Crippen molar-refractivity contribution in [2.75, 3.05) is 33.3 Å². The van der Waals surface area contributed by atoms with Crippen molar-refractivity contribution < 1.29 is 23.7 Å². The van der Waals surface area contributed by atoms with Gasteiger partial charge in [0.15, 0.2) is 6.61 Å². The van der Waals surface area contributed by atoms with E-state index in [9.17, 15) is 4.79 Å². The average molecular weight is 317 g/mol. The summed E-state index contributed by atoms with van der Waals surface area (Å²) < 4.78 is 20.9. The molecule has 0 aliphatic heterocycles. The lowest BCUT2D eigenvalue weighted by Gasteiger charge is -2.11. The average Bonchev–Trinajstić information content (AvgIpc) is 2.59. The van der Waals surface area contributed by atoms with Crippen LogP contribution >= 0.6 is 0 Å². The minimum Gasteiger partial charge on any atom is -0.497 e. The predicted octanol–water partition coefficient (Wildman–Crippen LogP) is 2.73. The number of ether oxygens (including phenoxy) is 4. The van der Waals surface area contributed by atoms with Crippen molar-refractivity contribution in [2.45, 2.75) is 0 Å². The lowest BCUT2D eigenvalue weighted by Crippen LogP contribution is -2.20. The second-order valence-corrected chi connectivity index (χ2v) is 4.62. The molecule has 0 saturated heterocycles. The van der Waals surface area contributed by atoms with Crippen LogP contribution < -0.4 is 24.3 Å². The lowest BCUT2D eigenvalue weighted by molar-refractivity contribution is -0.118. The highest BCUT2D eigenvalue weighted by Gasteiger charge is 2.07. The maximum Gasteiger partial charge on any atom is 0.262 e. The minimum atomic E-state index is -0.278. The van der Waals surface area contributed by atoms with Gasteiger partial charge in [-0.1, -0.05) is 6.07 Å². The molecule has 6 heteroatoms. The Kier molecular flexibility index (Phi) is 5.68. The molecule has 0 aromatic heterocycles. The summed E-state index contributed by atoms with van der Waals surface area (Å²) in [4.78, 5) is 12.0. The van der Waals surface area contributed by atoms with Gasteiger partial charge in [0.25, 0.3) is 5.91 Å². The van der Waals surface area contributed by atoms with E-state index in [1.54, 1.807) is 63.8 Å². The molecule has 0 aliphatic rings. The molecule has 0 heterocycles. The molecule has 122 valence electrons. The van der Waals surface area contributed by atoms with Gasteiger partial charge in [0.1, 0.15) is 23.0 Å². The number of rotatable bonds is 7. The van der Waals surface area contributed by atoms with Crippen LogP contribution in [0.4, 0.5) is 5.69 Å². The fourth-order valence-corrected chi connectivity index (χ4v) is 1.91. The standard InChI is InChI=1S/C17H19NO5/c1-20-13-6-4-5-12(7-13)18-17(19)11-23-16-9-14(21-2)8-15(10-16)22-3/h4-10H,11H2,1-3H3,(H,18,19). The molecule has 2 aromatic rings. The van der Waals surface area contributed by atoms with Crippen molar-refractivity contribution >= 4 is 11.6 Å². The summed E-state index contributed by atoms with van der Waals surface area (Å²) in [5.41, 5.74) is 0.640. The molecule has 0 unspecified atom stereocenters. The van der Waals surface area contributed by atoms with Gasteiger partial charge in [0, 0.05) is 30.0 Å². The molecule has 0 fully saturated rings. The molecule has 1 N–H and O–H groups in total. The van der Waals surface area contributed by atoms with Crippen molar-refractivity contribution in [1.82, 2.24) is 0 Å². The van der Waals surface area contributed by atoms with E-state index in [1.807, 2.05) is 0 Å². The molecule has 0 bridgehead atoms. The first-order valence-electron chi connectivity index (χ1n) is 6.94. The molecular formula is C17H19NO5. The molecule has 0 aliphatic carbocycles. The van der Waals surface area contributed by atoms with E-state index in [0.717, 1.165) is 0 Å². The van der Waals surface area contributed by atoms with Gasteiger partial charge in [-0.15, -0.1) is 0 Å². The third kappa shape index (κ3) is 4.81. The Labute approximate surface area is 134 Å². The van der Waals surface area contributed by atoms with Crippen molar-refractivity contribution in [2.24, 2.45) is 0 Å². The summed E-state index contributed by atoms with van der Waals surface area (Å²) in [6.07, 6.45) is 0. The predicted molar refractivity (Wildman–Crippen MR) is 86.7 cm³/mol. The van der Waals surface area contributed by atoms with Crippen LogP contribution in [0.2, 0.25) is 0 Å². The number of carbonyl (C=O) groups is 1. The third-order valence-electron chi connectivity index (χ3n) is 3.05. The van der Waals surface area contributed by atoms with Crippen LogP contribution in [-0.4, -0.2) is 33.8 Å². The Morgan fingerprint density at radius 1 is 0.870 bits per heavy atom. The largest absolute Gasteiger partial charge is 0.497 e. The van der Waals surface area contributed by atoms with Gasteiger partial charge in [-0.25, -0.2) is 0 Å². The van der Waals surface area contributed by atoms with Crippen molar-refractivity contribution in [1.29, 1.82) is 0 Å². The van der Waals surface area contributed by atoms with Gasteiger partial charge in [-0.2, -0.15) is 0 Å². The first-order valence-corrected chi connectivity index (χ1v) is 6.94. The molecule has 6 nitrogen and oxygen atoms in total. The summed E-state index contributed by atoms with van der Waals surface area (Å²) in [5.74, 6) is 2.06. The van der Waals surface area contributed by atoms with E-state index in [4.69, 9.17) is 18.9 Å². The fourth-order valence-electron chi connectivity index (χ4n) is 1.91. The molecule has 1 amide bonds.